The molecule has 12 heavy (non-hydrogen) atoms. The summed E-state index contributed by atoms with van der Waals surface area (Å²) in [6, 6.07) is 0. The fourth-order valence-electron chi connectivity index (χ4n) is 1.13. The number of nitrogens with zero attached hydrogens (tertiary/aromatic N) is 1. The van der Waals surface area contributed by atoms with Crippen molar-refractivity contribution in [2.75, 3.05) is 0 Å². The number of oxazole rings is 1. The van der Waals surface area contributed by atoms with E-state index in [0.29, 0.717) is 6.54 Å². The Morgan fingerprint density at radius 3 is 2.75 bits per heavy atom. The van der Waals surface area contributed by atoms with Gasteiger partial charge < -0.3 is 10.2 Å². The Bertz CT molecular complexity index is 253. The molecule has 3 nitrogen and oxygen atoms in total. The molecular formula is C9H16N2O. The van der Waals surface area contributed by atoms with Crippen molar-refractivity contribution in [1.29, 1.82) is 0 Å². The van der Waals surface area contributed by atoms with Gasteiger partial charge in [-0.3, -0.25) is 0 Å². The van der Waals surface area contributed by atoms with Crippen molar-refractivity contribution in [3.05, 3.63) is 17.8 Å². The third-order valence-electron chi connectivity index (χ3n) is 2.33. The normalized spacial score (nSPS) is 12.0. The summed E-state index contributed by atoms with van der Waals surface area (Å²) in [6.45, 7) is 6.84. The predicted octanol–water partition coefficient (Wildman–Crippen LogP) is 1.82. The van der Waals surface area contributed by atoms with Crippen LogP contribution in [0.4, 0.5) is 0 Å². The van der Waals surface area contributed by atoms with E-state index in [0.717, 1.165) is 17.9 Å². The van der Waals surface area contributed by atoms with Crippen LogP contribution in [0.3, 0.4) is 0 Å². The van der Waals surface area contributed by atoms with Gasteiger partial charge in [0, 0.05) is 12.0 Å². The highest BCUT2D eigenvalue weighted by Gasteiger charge is 2.25. The molecule has 1 heterocycles. The molecule has 1 aromatic heterocycles. The van der Waals surface area contributed by atoms with Gasteiger partial charge in [-0.2, -0.15) is 0 Å². The van der Waals surface area contributed by atoms with E-state index in [1.807, 2.05) is 0 Å². The molecule has 2 N–H and O–H groups in total. The first kappa shape index (κ1) is 9.26. The molecule has 0 saturated heterocycles. The standard InChI is InChI=1S/C9H16N2O/c1-4-9(2,3)8-7(5-10)11-6-12-8/h6H,4-5,10H2,1-3H3. The highest BCUT2D eigenvalue weighted by Crippen LogP contribution is 2.28. The average molecular weight is 168 g/mol. The van der Waals surface area contributed by atoms with Gasteiger partial charge in [0.1, 0.15) is 5.76 Å². The second-order valence-corrected chi connectivity index (χ2v) is 3.57. The molecule has 0 spiro atoms. The lowest BCUT2D eigenvalue weighted by Crippen LogP contribution is -2.18. The lowest BCUT2D eigenvalue weighted by Gasteiger charge is -2.20. The van der Waals surface area contributed by atoms with Crippen molar-refractivity contribution in [2.24, 2.45) is 5.73 Å². The van der Waals surface area contributed by atoms with E-state index < -0.39 is 0 Å². The van der Waals surface area contributed by atoms with Gasteiger partial charge in [0.2, 0.25) is 0 Å². The summed E-state index contributed by atoms with van der Waals surface area (Å²) in [4.78, 5) is 4.06. The Morgan fingerprint density at radius 2 is 2.25 bits per heavy atom. The monoisotopic (exact) mass is 168 g/mol. The van der Waals surface area contributed by atoms with Crippen LogP contribution in [0.5, 0.6) is 0 Å². The molecule has 0 atom stereocenters. The Morgan fingerprint density at radius 1 is 1.58 bits per heavy atom. The maximum atomic E-state index is 5.52. The Hall–Kier alpha value is -0.830. The second-order valence-electron chi connectivity index (χ2n) is 3.57. The summed E-state index contributed by atoms with van der Waals surface area (Å²) in [5.41, 5.74) is 6.45. The minimum Gasteiger partial charge on any atom is -0.448 e. The number of rotatable bonds is 3. The molecule has 68 valence electrons. The quantitative estimate of drug-likeness (QED) is 0.749. The lowest BCUT2D eigenvalue weighted by atomic mass is 9.86. The van der Waals surface area contributed by atoms with Gasteiger partial charge in [0.25, 0.3) is 0 Å². The molecule has 3 heteroatoms. The van der Waals surface area contributed by atoms with E-state index >= 15 is 0 Å². The molecule has 0 saturated carbocycles. The Kier molecular flexibility index (Phi) is 2.52. The number of hydrogen-bond donors (Lipinski definition) is 1. The van der Waals surface area contributed by atoms with Gasteiger partial charge in [-0.15, -0.1) is 0 Å². The Balaban J connectivity index is 3.00. The van der Waals surface area contributed by atoms with Crippen LogP contribution in [-0.2, 0) is 12.0 Å². The minimum absolute atomic E-state index is 0.0468. The highest BCUT2D eigenvalue weighted by molar-refractivity contribution is 5.16. The summed E-state index contributed by atoms with van der Waals surface area (Å²) >= 11 is 0. The summed E-state index contributed by atoms with van der Waals surface area (Å²) in [5, 5.41) is 0. The van der Waals surface area contributed by atoms with E-state index in [-0.39, 0.29) is 5.41 Å². The molecule has 1 rings (SSSR count). The zero-order chi connectivity index (χ0) is 9.19. The molecular weight excluding hydrogens is 152 g/mol. The van der Waals surface area contributed by atoms with Gasteiger partial charge in [0.05, 0.1) is 5.69 Å². The molecule has 0 aliphatic carbocycles. The van der Waals surface area contributed by atoms with Gasteiger partial charge in [0.15, 0.2) is 6.39 Å². The first-order valence-electron chi connectivity index (χ1n) is 4.24. The maximum absolute atomic E-state index is 5.52. The summed E-state index contributed by atoms with van der Waals surface area (Å²) in [5.74, 6) is 0.924. The van der Waals surface area contributed by atoms with Gasteiger partial charge in [-0.25, -0.2) is 4.98 Å². The van der Waals surface area contributed by atoms with Crippen molar-refractivity contribution in [3.8, 4) is 0 Å². The number of aromatic nitrogens is 1. The summed E-state index contributed by atoms with van der Waals surface area (Å²) < 4.78 is 5.32. The van der Waals surface area contributed by atoms with E-state index in [4.69, 9.17) is 10.2 Å². The molecule has 1 aromatic rings. The van der Waals surface area contributed by atoms with E-state index in [2.05, 4.69) is 25.8 Å². The first-order valence-corrected chi connectivity index (χ1v) is 4.24. The van der Waals surface area contributed by atoms with Crippen LogP contribution in [0, 0.1) is 0 Å². The fourth-order valence-corrected chi connectivity index (χ4v) is 1.13. The van der Waals surface area contributed by atoms with Crippen LogP contribution >= 0.6 is 0 Å². The van der Waals surface area contributed by atoms with Gasteiger partial charge in [-0.05, 0) is 6.42 Å². The molecule has 0 unspecified atom stereocenters. The maximum Gasteiger partial charge on any atom is 0.181 e. The molecule has 0 amide bonds. The third kappa shape index (κ3) is 1.50. The topological polar surface area (TPSA) is 52.0 Å². The molecule has 0 aliphatic heterocycles. The summed E-state index contributed by atoms with van der Waals surface area (Å²) in [6.07, 6.45) is 2.49. The molecule has 0 aliphatic rings. The number of hydrogen-bond acceptors (Lipinski definition) is 3. The lowest BCUT2D eigenvalue weighted by molar-refractivity contribution is 0.370. The van der Waals surface area contributed by atoms with Crippen LogP contribution in [0.2, 0.25) is 0 Å². The fraction of sp³-hybridized carbons (Fsp3) is 0.667. The molecule has 0 aromatic carbocycles. The highest BCUT2D eigenvalue weighted by atomic mass is 16.3. The van der Waals surface area contributed by atoms with Crippen molar-refractivity contribution in [2.45, 2.75) is 39.2 Å². The van der Waals surface area contributed by atoms with Gasteiger partial charge in [-0.1, -0.05) is 20.8 Å². The van der Waals surface area contributed by atoms with Crippen molar-refractivity contribution < 1.29 is 4.42 Å². The summed E-state index contributed by atoms with van der Waals surface area (Å²) in [7, 11) is 0. The van der Waals surface area contributed by atoms with Crippen LogP contribution in [0.15, 0.2) is 10.8 Å². The van der Waals surface area contributed by atoms with Crippen LogP contribution in [0.25, 0.3) is 0 Å². The first-order chi connectivity index (χ1) is 5.61. The zero-order valence-electron chi connectivity index (χ0n) is 7.92. The number of nitrogens with two attached hydrogens (primary N) is 1. The van der Waals surface area contributed by atoms with Gasteiger partial charge >= 0.3 is 0 Å². The SMILES string of the molecule is CCC(C)(C)c1ocnc1CN. The van der Waals surface area contributed by atoms with Crippen LogP contribution in [0.1, 0.15) is 38.6 Å². The predicted molar refractivity (Wildman–Crippen MR) is 47.7 cm³/mol. The Labute approximate surface area is 73.0 Å². The van der Waals surface area contributed by atoms with E-state index in [9.17, 15) is 0 Å². The minimum atomic E-state index is 0.0468. The second kappa shape index (κ2) is 3.27. The van der Waals surface area contributed by atoms with Crippen molar-refractivity contribution >= 4 is 0 Å². The zero-order valence-corrected chi connectivity index (χ0v) is 7.92. The average Bonchev–Trinajstić information content (AvgIpc) is 2.52. The largest absolute Gasteiger partial charge is 0.448 e. The van der Waals surface area contributed by atoms with Crippen LogP contribution < -0.4 is 5.73 Å². The molecule has 0 bridgehead atoms. The molecule has 0 radical (unpaired) electrons. The smallest absolute Gasteiger partial charge is 0.181 e. The van der Waals surface area contributed by atoms with E-state index in [1.165, 1.54) is 6.39 Å². The molecule has 0 fully saturated rings. The van der Waals surface area contributed by atoms with Crippen LogP contribution in [-0.4, -0.2) is 4.98 Å². The van der Waals surface area contributed by atoms with E-state index in [1.54, 1.807) is 0 Å². The third-order valence-corrected chi connectivity index (χ3v) is 2.33. The van der Waals surface area contributed by atoms with Crippen molar-refractivity contribution in [1.82, 2.24) is 4.98 Å². The van der Waals surface area contributed by atoms with Crippen molar-refractivity contribution in [3.63, 3.8) is 0 Å².